The van der Waals surface area contributed by atoms with Crippen LogP contribution in [0.4, 0.5) is 4.79 Å². The first-order chi connectivity index (χ1) is 12.7. The molecule has 0 aliphatic heterocycles. The zero-order chi connectivity index (χ0) is 20.0. The number of esters is 1. The average molecular weight is 375 g/mol. The standard InChI is InChI=1S/C21H29NO5/c1-15(19(24)26-14-16-9-6-5-7-10-16)22(20(25)27-21(2,3)4)17-11-8-12-18(23)13-17/h5-7,9-10,15,17H,8,11-14H2,1-4H3/t15-,17-/m0/s1. The summed E-state index contributed by atoms with van der Waals surface area (Å²) < 4.78 is 10.9. The minimum absolute atomic E-state index is 0.102. The van der Waals surface area contributed by atoms with Crippen molar-refractivity contribution in [2.24, 2.45) is 0 Å². The van der Waals surface area contributed by atoms with Crippen LogP contribution >= 0.6 is 0 Å². The van der Waals surface area contributed by atoms with Gasteiger partial charge in [0.05, 0.1) is 0 Å². The molecular formula is C21H29NO5. The summed E-state index contributed by atoms with van der Waals surface area (Å²) in [7, 11) is 0. The van der Waals surface area contributed by atoms with Crippen molar-refractivity contribution in [1.29, 1.82) is 0 Å². The Morgan fingerprint density at radius 1 is 1.22 bits per heavy atom. The number of amides is 1. The molecule has 0 radical (unpaired) electrons. The van der Waals surface area contributed by atoms with Gasteiger partial charge in [0.15, 0.2) is 0 Å². The van der Waals surface area contributed by atoms with Gasteiger partial charge in [-0.3, -0.25) is 9.69 Å². The number of Topliss-reactive ketones (excluding diaryl/α,β-unsaturated/α-hetero) is 1. The van der Waals surface area contributed by atoms with Crippen molar-refractivity contribution in [2.45, 2.75) is 77.7 Å². The van der Waals surface area contributed by atoms with Crippen molar-refractivity contribution in [3.8, 4) is 0 Å². The van der Waals surface area contributed by atoms with E-state index in [1.54, 1.807) is 27.7 Å². The van der Waals surface area contributed by atoms with Crippen LogP contribution in [0.1, 0.15) is 58.9 Å². The summed E-state index contributed by atoms with van der Waals surface area (Å²) in [6.07, 6.45) is 1.54. The van der Waals surface area contributed by atoms with Crippen LogP contribution in [0.2, 0.25) is 0 Å². The lowest BCUT2D eigenvalue weighted by atomic mass is 9.92. The molecule has 1 aromatic rings. The summed E-state index contributed by atoms with van der Waals surface area (Å²) in [4.78, 5) is 38.6. The Bertz CT molecular complexity index is 665. The van der Waals surface area contributed by atoms with E-state index in [1.807, 2.05) is 30.3 Å². The lowest BCUT2D eigenvalue weighted by Gasteiger charge is -2.37. The van der Waals surface area contributed by atoms with Crippen molar-refractivity contribution in [3.05, 3.63) is 35.9 Å². The molecule has 1 aliphatic rings. The van der Waals surface area contributed by atoms with E-state index in [-0.39, 0.29) is 24.9 Å². The van der Waals surface area contributed by atoms with Crippen LogP contribution < -0.4 is 0 Å². The van der Waals surface area contributed by atoms with Crippen LogP contribution in [0.25, 0.3) is 0 Å². The van der Waals surface area contributed by atoms with Gasteiger partial charge in [-0.1, -0.05) is 30.3 Å². The quantitative estimate of drug-likeness (QED) is 0.731. The molecule has 148 valence electrons. The number of nitrogens with zero attached hydrogens (tertiary/aromatic N) is 1. The molecule has 1 fully saturated rings. The Hall–Kier alpha value is -2.37. The highest BCUT2D eigenvalue weighted by molar-refractivity contribution is 5.84. The Kier molecular flexibility index (Phi) is 6.99. The van der Waals surface area contributed by atoms with Crippen molar-refractivity contribution < 1.29 is 23.9 Å². The molecule has 1 amide bonds. The smallest absolute Gasteiger partial charge is 0.411 e. The lowest BCUT2D eigenvalue weighted by molar-refractivity contribution is -0.152. The molecule has 1 aliphatic carbocycles. The molecule has 2 atom stereocenters. The van der Waals surface area contributed by atoms with Crippen molar-refractivity contribution in [2.75, 3.05) is 0 Å². The summed E-state index contributed by atoms with van der Waals surface area (Å²) in [6.45, 7) is 7.07. The van der Waals surface area contributed by atoms with E-state index >= 15 is 0 Å². The van der Waals surface area contributed by atoms with Gasteiger partial charge in [0, 0.05) is 18.9 Å². The SMILES string of the molecule is C[C@@H](C(=O)OCc1ccccc1)N(C(=O)OC(C)(C)C)[C@H]1CCCC(=O)C1. The first-order valence-electron chi connectivity index (χ1n) is 9.41. The van der Waals surface area contributed by atoms with Crippen LogP contribution in [0.15, 0.2) is 30.3 Å². The molecule has 0 saturated heterocycles. The van der Waals surface area contributed by atoms with Gasteiger partial charge in [-0.15, -0.1) is 0 Å². The maximum absolute atomic E-state index is 12.8. The number of carbonyl (C=O) groups excluding carboxylic acids is 3. The van der Waals surface area contributed by atoms with Crippen molar-refractivity contribution >= 4 is 17.8 Å². The van der Waals surface area contributed by atoms with Gasteiger partial charge in [-0.2, -0.15) is 0 Å². The minimum atomic E-state index is -0.834. The zero-order valence-electron chi connectivity index (χ0n) is 16.6. The first kappa shape index (κ1) is 20.9. The van der Waals surface area contributed by atoms with Crippen LogP contribution in [0, 0.1) is 0 Å². The highest BCUT2D eigenvalue weighted by atomic mass is 16.6. The number of hydrogen-bond donors (Lipinski definition) is 0. The van der Waals surface area contributed by atoms with Crippen molar-refractivity contribution in [3.63, 3.8) is 0 Å². The normalized spacial score (nSPS) is 18.5. The summed E-state index contributed by atoms with van der Waals surface area (Å²) in [5.74, 6) is -0.410. The number of ketones is 1. The molecule has 6 heteroatoms. The lowest BCUT2D eigenvalue weighted by Crippen LogP contribution is -2.52. The highest BCUT2D eigenvalue weighted by Gasteiger charge is 2.38. The molecule has 1 saturated carbocycles. The van der Waals surface area contributed by atoms with Gasteiger partial charge in [-0.05, 0) is 46.1 Å². The fourth-order valence-electron chi connectivity index (χ4n) is 3.14. The molecule has 0 spiro atoms. The predicted octanol–water partition coefficient (Wildman–Crippen LogP) is 3.87. The molecule has 1 aromatic carbocycles. The van der Waals surface area contributed by atoms with E-state index in [1.165, 1.54) is 4.90 Å². The van der Waals surface area contributed by atoms with Gasteiger partial charge in [0.1, 0.15) is 24.0 Å². The zero-order valence-corrected chi connectivity index (χ0v) is 16.6. The molecule has 0 unspecified atom stereocenters. The van der Waals surface area contributed by atoms with Crippen LogP contribution in [-0.4, -0.2) is 40.4 Å². The summed E-state index contributed by atoms with van der Waals surface area (Å²) in [6, 6.07) is 8.17. The summed E-state index contributed by atoms with van der Waals surface area (Å²) >= 11 is 0. The van der Waals surface area contributed by atoms with E-state index in [4.69, 9.17) is 9.47 Å². The number of ether oxygens (including phenoxy) is 2. The Morgan fingerprint density at radius 3 is 2.48 bits per heavy atom. The largest absolute Gasteiger partial charge is 0.459 e. The molecule has 27 heavy (non-hydrogen) atoms. The third kappa shape index (κ3) is 6.38. The molecule has 0 heterocycles. The van der Waals surface area contributed by atoms with Crippen molar-refractivity contribution in [1.82, 2.24) is 4.90 Å². The predicted molar refractivity (Wildman–Crippen MR) is 101 cm³/mol. The third-order valence-electron chi connectivity index (χ3n) is 4.44. The number of carbonyl (C=O) groups is 3. The molecule has 0 bridgehead atoms. The van der Waals surface area contributed by atoms with Crippen LogP contribution in [-0.2, 0) is 25.7 Å². The van der Waals surface area contributed by atoms with Gasteiger partial charge in [0.25, 0.3) is 0 Å². The third-order valence-corrected chi connectivity index (χ3v) is 4.44. The Morgan fingerprint density at radius 2 is 1.89 bits per heavy atom. The average Bonchev–Trinajstić information content (AvgIpc) is 2.59. The van der Waals surface area contributed by atoms with Gasteiger partial charge in [0.2, 0.25) is 0 Å². The first-order valence-corrected chi connectivity index (χ1v) is 9.41. The van der Waals surface area contributed by atoms with Crippen LogP contribution in [0.5, 0.6) is 0 Å². The summed E-state index contributed by atoms with van der Waals surface area (Å²) in [5.41, 5.74) is 0.177. The molecule has 0 aromatic heterocycles. The number of benzene rings is 1. The topological polar surface area (TPSA) is 72.9 Å². The fraction of sp³-hybridized carbons (Fsp3) is 0.571. The van der Waals surface area contributed by atoms with Gasteiger partial charge in [-0.25, -0.2) is 9.59 Å². The fourth-order valence-corrected chi connectivity index (χ4v) is 3.14. The second kappa shape index (κ2) is 9.02. The molecule has 6 nitrogen and oxygen atoms in total. The Labute approximate surface area is 160 Å². The van der Waals surface area contributed by atoms with Gasteiger partial charge >= 0.3 is 12.1 Å². The molecule has 2 rings (SSSR count). The maximum atomic E-state index is 12.8. The second-order valence-corrected chi connectivity index (χ2v) is 7.95. The molecule has 0 N–H and O–H groups in total. The Balaban J connectivity index is 2.11. The molecular weight excluding hydrogens is 346 g/mol. The maximum Gasteiger partial charge on any atom is 0.411 e. The minimum Gasteiger partial charge on any atom is -0.459 e. The number of hydrogen-bond acceptors (Lipinski definition) is 5. The van der Waals surface area contributed by atoms with E-state index in [0.29, 0.717) is 19.3 Å². The van der Waals surface area contributed by atoms with E-state index < -0.39 is 23.7 Å². The highest BCUT2D eigenvalue weighted by Crippen LogP contribution is 2.25. The van der Waals surface area contributed by atoms with Gasteiger partial charge < -0.3 is 9.47 Å². The second-order valence-electron chi connectivity index (χ2n) is 7.95. The van der Waals surface area contributed by atoms with E-state index in [9.17, 15) is 14.4 Å². The van der Waals surface area contributed by atoms with E-state index in [0.717, 1.165) is 5.56 Å². The van der Waals surface area contributed by atoms with E-state index in [2.05, 4.69) is 0 Å². The monoisotopic (exact) mass is 375 g/mol. The number of rotatable bonds is 5. The summed E-state index contributed by atoms with van der Waals surface area (Å²) in [5, 5.41) is 0. The van der Waals surface area contributed by atoms with Crippen LogP contribution in [0.3, 0.4) is 0 Å².